The van der Waals surface area contributed by atoms with E-state index in [-0.39, 0.29) is 5.92 Å². The van der Waals surface area contributed by atoms with Crippen LogP contribution in [0.3, 0.4) is 0 Å². The minimum atomic E-state index is 0.282. The fourth-order valence-corrected chi connectivity index (χ4v) is 5.11. The molecule has 9 nitrogen and oxygen atoms in total. The van der Waals surface area contributed by atoms with Gasteiger partial charge in [-0.3, -0.25) is 0 Å². The number of nitrogens with zero attached hydrogens (tertiary/aromatic N) is 3. The maximum Gasteiger partial charge on any atom is 0.229 e. The zero-order chi connectivity index (χ0) is 27.7. The molecule has 0 unspecified atom stereocenters. The van der Waals surface area contributed by atoms with E-state index in [2.05, 4.69) is 86.6 Å². The SMILES string of the molecule is NCCOCCOCCNc1nc(NCCC(c2ccccc2)c2ccccc2)nc(NCC2CCCCC2)n1. The van der Waals surface area contributed by atoms with Gasteiger partial charge in [0.2, 0.25) is 17.8 Å². The molecule has 0 atom stereocenters. The summed E-state index contributed by atoms with van der Waals surface area (Å²) < 4.78 is 11.0. The molecule has 0 amide bonds. The topological polar surface area (TPSA) is 119 Å². The second kappa shape index (κ2) is 17.4. The number of rotatable bonds is 18. The Bertz CT molecular complexity index is 1040. The number of anilines is 3. The Balaban J connectivity index is 1.35. The summed E-state index contributed by atoms with van der Waals surface area (Å²) in [6, 6.07) is 21.3. The highest BCUT2D eigenvalue weighted by Gasteiger charge is 2.16. The standard InChI is InChI=1S/C31H45N7O2/c32-17-20-39-22-23-40-21-19-34-30-36-29(37-31(38-30)35-24-25-10-4-1-5-11-25)33-18-16-28(26-12-6-2-7-13-26)27-14-8-3-9-15-27/h2-3,6-9,12-15,25,28H,1,4-5,10-11,16-24,32H2,(H3,33,34,35,36,37,38). The lowest BCUT2D eigenvalue weighted by Gasteiger charge is -2.22. The van der Waals surface area contributed by atoms with Crippen molar-refractivity contribution in [2.75, 3.05) is 68.6 Å². The Morgan fingerprint density at radius 3 is 1.82 bits per heavy atom. The molecular weight excluding hydrogens is 502 g/mol. The van der Waals surface area contributed by atoms with Crippen molar-refractivity contribution in [3.63, 3.8) is 0 Å². The third-order valence-corrected chi connectivity index (χ3v) is 7.19. The van der Waals surface area contributed by atoms with Gasteiger partial charge in [-0.05, 0) is 36.3 Å². The summed E-state index contributed by atoms with van der Waals surface area (Å²) in [4.78, 5) is 14.0. The zero-order valence-corrected chi connectivity index (χ0v) is 23.6. The Hall–Kier alpha value is -3.27. The van der Waals surface area contributed by atoms with Gasteiger partial charge in [0.15, 0.2) is 0 Å². The number of nitrogens with one attached hydrogen (secondary N) is 3. The summed E-state index contributed by atoms with van der Waals surface area (Å²) in [5, 5.41) is 10.2. The molecule has 5 N–H and O–H groups in total. The Kier molecular flexibility index (Phi) is 12.9. The van der Waals surface area contributed by atoms with Gasteiger partial charge in [-0.25, -0.2) is 0 Å². The van der Waals surface area contributed by atoms with Gasteiger partial charge in [-0.2, -0.15) is 15.0 Å². The van der Waals surface area contributed by atoms with E-state index in [9.17, 15) is 0 Å². The molecule has 40 heavy (non-hydrogen) atoms. The second-order valence-electron chi connectivity index (χ2n) is 10.2. The first-order valence-electron chi connectivity index (χ1n) is 14.7. The number of nitrogens with two attached hydrogens (primary N) is 1. The van der Waals surface area contributed by atoms with Crippen molar-refractivity contribution in [3.05, 3.63) is 71.8 Å². The van der Waals surface area contributed by atoms with Crippen molar-refractivity contribution in [2.45, 2.75) is 44.4 Å². The van der Waals surface area contributed by atoms with E-state index < -0.39 is 0 Å². The van der Waals surface area contributed by atoms with Gasteiger partial charge in [0.05, 0.1) is 26.4 Å². The fraction of sp³-hybridized carbons (Fsp3) is 0.516. The van der Waals surface area contributed by atoms with Crippen LogP contribution in [0.4, 0.5) is 17.8 Å². The average molecular weight is 548 g/mol. The molecule has 0 aliphatic heterocycles. The molecule has 0 spiro atoms. The molecular formula is C31H45N7O2. The molecule has 4 rings (SSSR count). The van der Waals surface area contributed by atoms with Gasteiger partial charge in [0.1, 0.15) is 0 Å². The number of ether oxygens (including phenoxy) is 2. The zero-order valence-electron chi connectivity index (χ0n) is 23.6. The van der Waals surface area contributed by atoms with E-state index in [4.69, 9.17) is 20.2 Å². The van der Waals surface area contributed by atoms with E-state index in [0.717, 1.165) is 19.5 Å². The van der Waals surface area contributed by atoms with Gasteiger partial charge < -0.3 is 31.2 Å². The van der Waals surface area contributed by atoms with Crippen LogP contribution in [0, 0.1) is 5.92 Å². The lowest BCUT2D eigenvalue weighted by Crippen LogP contribution is -2.20. The van der Waals surface area contributed by atoms with Crippen LogP contribution in [0.25, 0.3) is 0 Å². The Morgan fingerprint density at radius 1 is 0.675 bits per heavy atom. The molecule has 0 bridgehead atoms. The van der Waals surface area contributed by atoms with Gasteiger partial charge in [-0.15, -0.1) is 0 Å². The first-order valence-corrected chi connectivity index (χ1v) is 14.7. The molecule has 1 aromatic heterocycles. The molecule has 1 aliphatic rings. The summed E-state index contributed by atoms with van der Waals surface area (Å²) in [5.41, 5.74) is 8.04. The quantitative estimate of drug-likeness (QED) is 0.165. The van der Waals surface area contributed by atoms with Crippen molar-refractivity contribution in [1.82, 2.24) is 15.0 Å². The largest absolute Gasteiger partial charge is 0.378 e. The maximum atomic E-state index is 5.63. The van der Waals surface area contributed by atoms with Crippen LogP contribution < -0.4 is 21.7 Å². The first kappa shape index (κ1) is 29.7. The van der Waals surface area contributed by atoms with Crippen molar-refractivity contribution in [3.8, 4) is 0 Å². The summed E-state index contributed by atoms with van der Waals surface area (Å²) in [6.07, 6.45) is 7.41. The molecule has 1 aliphatic carbocycles. The molecule has 216 valence electrons. The summed E-state index contributed by atoms with van der Waals surface area (Å²) in [7, 11) is 0. The normalized spacial score (nSPS) is 13.8. The van der Waals surface area contributed by atoms with Crippen molar-refractivity contribution >= 4 is 17.8 Å². The molecule has 3 aromatic rings. The van der Waals surface area contributed by atoms with E-state index >= 15 is 0 Å². The highest BCUT2D eigenvalue weighted by Crippen LogP contribution is 2.28. The van der Waals surface area contributed by atoms with Gasteiger partial charge in [-0.1, -0.05) is 79.9 Å². The summed E-state index contributed by atoms with van der Waals surface area (Å²) >= 11 is 0. The minimum Gasteiger partial charge on any atom is -0.378 e. The van der Waals surface area contributed by atoms with E-state index in [1.165, 1.54) is 43.2 Å². The monoisotopic (exact) mass is 547 g/mol. The molecule has 0 saturated heterocycles. The van der Waals surface area contributed by atoms with Gasteiger partial charge >= 0.3 is 0 Å². The average Bonchev–Trinajstić information content (AvgIpc) is 3.01. The lowest BCUT2D eigenvalue weighted by molar-refractivity contribution is 0.0547. The molecule has 1 fully saturated rings. The van der Waals surface area contributed by atoms with E-state index in [1.807, 2.05) is 0 Å². The Morgan fingerprint density at radius 2 is 1.23 bits per heavy atom. The third kappa shape index (κ3) is 10.4. The van der Waals surface area contributed by atoms with Gasteiger partial charge in [0.25, 0.3) is 0 Å². The van der Waals surface area contributed by atoms with Crippen molar-refractivity contribution in [2.24, 2.45) is 11.7 Å². The minimum absolute atomic E-state index is 0.282. The molecule has 2 aromatic carbocycles. The van der Waals surface area contributed by atoms with Crippen LogP contribution in [-0.2, 0) is 9.47 Å². The van der Waals surface area contributed by atoms with Crippen molar-refractivity contribution in [1.29, 1.82) is 0 Å². The fourth-order valence-electron chi connectivity index (χ4n) is 5.11. The predicted molar refractivity (Wildman–Crippen MR) is 162 cm³/mol. The van der Waals surface area contributed by atoms with Crippen LogP contribution >= 0.6 is 0 Å². The van der Waals surface area contributed by atoms with Crippen LogP contribution in [0.1, 0.15) is 55.6 Å². The van der Waals surface area contributed by atoms with Gasteiger partial charge in [0, 0.05) is 32.1 Å². The maximum absolute atomic E-state index is 5.63. The number of hydrogen-bond acceptors (Lipinski definition) is 9. The van der Waals surface area contributed by atoms with E-state index in [0.29, 0.717) is 63.3 Å². The highest BCUT2D eigenvalue weighted by atomic mass is 16.5. The van der Waals surface area contributed by atoms with Crippen molar-refractivity contribution < 1.29 is 9.47 Å². The third-order valence-electron chi connectivity index (χ3n) is 7.19. The molecule has 1 saturated carbocycles. The smallest absolute Gasteiger partial charge is 0.229 e. The number of hydrogen-bond donors (Lipinski definition) is 4. The molecule has 0 radical (unpaired) electrons. The lowest BCUT2D eigenvalue weighted by atomic mass is 9.88. The Labute approximate surface area is 238 Å². The molecule has 9 heteroatoms. The number of benzene rings is 2. The summed E-state index contributed by atoms with van der Waals surface area (Å²) in [6.45, 7) is 4.88. The van der Waals surface area contributed by atoms with Crippen LogP contribution in [0.2, 0.25) is 0 Å². The van der Waals surface area contributed by atoms with Crippen LogP contribution in [0.5, 0.6) is 0 Å². The highest BCUT2D eigenvalue weighted by molar-refractivity contribution is 5.42. The second-order valence-corrected chi connectivity index (χ2v) is 10.2. The predicted octanol–water partition coefficient (Wildman–Crippen LogP) is 4.90. The number of aromatic nitrogens is 3. The van der Waals surface area contributed by atoms with E-state index in [1.54, 1.807) is 0 Å². The van der Waals surface area contributed by atoms with Crippen LogP contribution in [-0.4, -0.2) is 67.6 Å². The summed E-state index contributed by atoms with van der Waals surface area (Å²) in [5.74, 6) is 2.66. The first-order chi connectivity index (χ1) is 19.8. The molecule has 1 heterocycles. The van der Waals surface area contributed by atoms with Crippen LogP contribution in [0.15, 0.2) is 60.7 Å².